The second kappa shape index (κ2) is 7.06. The summed E-state index contributed by atoms with van der Waals surface area (Å²) in [6.07, 6.45) is 4.95. The lowest BCUT2D eigenvalue weighted by molar-refractivity contribution is 0.0526. The van der Waals surface area contributed by atoms with Gasteiger partial charge in [-0.3, -0.25) is 0 Å². The lowest BCUT2D eigenvalue weighted by atomic mass is 9.67. The van der Waals surface area contributed by atoms with Gasteiger partial charge < -0.3 is 9.53 Å². The molecular formula is C15H32O2Si. The van der Waals surface area contributed by atoms with Crippen molar-refractivity contribution in [1.82, 2.24) is 0 Å². The molecule has 0 bridgehead atoms. The van der Waals surface area contributed by atoms with Gasteiger partial charge in [0, 0.05) is 13.2 Å². The smallest absolute Gasteiger partial charge is 0.170 e. The largest absolute Gasteiger partial charge is 0.420 e. The molecule has 0 heterocycles. The van der Waals surface area contributed by atoms with Gasteiger partial charge in [0.05, 0.1) is 0 Å². The van der Waals surface area contributed by atoms with Crippen molar-refractivity contribution in [1.29, 1.82) is 0 Å². The third-order valence-electron chi connectivity index (χ3n) is 4.44. The normalized spacial score (nSPS) is 27.5. The van der Waals surface area contributed by atoms with Crippen molar-refractivity contribution in [2.45, 2.75) is 59.5 Å². The van der Waals surface area contributed by atoms with Gasteiger partial charge in [0.25, 0.3) is 0 Å². The Hall–Kier alpha value is 0.137. The van der Waals surface area contributed by atoms with E-state index in [0.717, 1.165) is 12.5 Å². The zero-order valence-electron chi connectivity index (χ0n) is 12.9. The second-order valence-electron chi connectivity index (χ2n) is 7.32. The molecule has 1 N–H and O–H groups in total. The molecule has 2 nitrogen and oxygen atoms in total. The van der Waals surface area contributed by atoms with Crippen LogP contribution in [0.1, 0.15) is 46.5 Å². The molecule has 0 spiro atoms. The lowest BCUT2D eigenvalue weighted by Crippen LogP contribution is -2.36. The van der Waals surface area contributed by atoms with E-state index in [1.807, 2.05) is 0 Å². The molecule has 1 aliphatic carbocycles. The van der Waals surface area contributed by atoms with Gasteiger partial charge in [-0.1, -0.05) is 20.8 Å². The molecular weight excluding hydrogens is 240 g/mol. The van der Waals surface area contributed by atoms with E-state index in [4.69, 9.17) is 4.43 Å². The van der Waals surface area contributed by atoms with Crippen LogP contribution in [0, 0.1) is 23.2 Å². The first-order valence-electron chi connectivity index (χ1n) is 7.57. The van der Waals surface area contributed by atoms with Gasteiger partial charge in [-0.2, -0.15) is 0 Å². The van der Waals surface area contributed by atoms with Crippen LogP contribution in [0.3, 0.4) is 0 Å². The lowest BCUT2D eigenvalue weighted by Gasteiger charge is -2.40. The summed E-state index contributed by atoms with van der Waals surface area (Å²) in [6.45, 7) is 12.9. The highest BCUT2D eigenvalue weighted by molar-refractivity contribution is 6.48. The molecule has 0 aliphatic heterocycles. The molecule has 108 valence electrons. The van der Waals surface area contributed by atoms with Gasteiger partial charge in [-0.25, -0.2) is 0 Å². The Bertz CT molecular complexity index is 227. The zero-order valence-corrected chi connectivity index (χ0v) is 14.1. The van der Waals surface area contributed by atoms with Crippen LogP contribution in [-0.4, -0.2) is 27.4 Å². The highest BCUT2D eigenvalue weighted by Crippen LogP contribution is 2.41. The number of aliphatic hydroxyl groups excluding tert-OH is 1. The minimum absolute atomic E-state index is 0.333. The predicted octanol–water partition coefficient (Wildman–Crippen LogP) is 3.45. The highest BCUT2D eigenvalue weighted by atomic mass is 28.3. The molecule has 1 saturated carbocycles. The summed E-state index contributed by atoms with van der Waals surface area (Å²) in [5, 5.41) is 9.23. The molecule has 0 aromatic heterocycles. The van der Waals surface area contributed by atoms with Crippen LogP contribution in [0.5, 0.6) is 0 Å². The SMILES string of the molecule is C[SiH](C)OCC(C1CCC(CO)CC1)C(C)(C)C. The third kappa shape index (κ3) is 5.02. The molecule has 0 radical (unpaired) electrons. The molecule has 1 aliphatic rings. The van der Waals surface area contributed by atoms with E-state index in [1.165, 1.54) is 25.7 Å². The first kappa shape index (κ1) is 16.2. The first-order chi connectivity index (χ1) is 8.34. The fraction of sp³-hybridized carbons (Fsp3) is 1.00. The summed E-state index contributed by atoms with van der Waals surface area (Å²) < 4.78 is 6.03. The highest BCUT2D eigenvalue weighted by Gasteiger charge is 2.34. The predicted molar refractivity (Wildman–Crippen MR) is 80.3 cm³/mol. The van der Waals surface area contributed by atoms with Crippen molar-refractivity contribution in [2.75, 3.05) is 13.2 Å². The molecule has 1 unspecified atom stereocenters. The summed E-state index contributed by atoms with van der Waals surface area (Å²) in [5.74, 6) is 2.02. The fourth-order valence-corrected chi connectivity index (χ4v) is 3.75. The molecule has 3 heteroatoms. The minimum Gasteiger partial charge on any atom is -0.420 e. The maximum atomic E-state index is 9.23. The van der Waals surface area contributed by atoms with Crippen molar-refractivity contribution in [3.8, 4) is 0 Å². The van der Waals surface area contributed by atoms with Crippen LogP contribution < -0.4 is 0 Å². The number of hydrogen-bond donors (Lipinski definition) is 1. The van der Waals surface area contributed by atoms with E-state index in [0.29, 0.717) is 23.9 Å². The molecule has 0 aromatic rings. The summed E-state index contributed by atoms with van der Waals surface area (Å²) in [7, 11) is -0.911. The molecule has 1 fully saturated rings. The molecule has 0 aromatic carbocycles. The van der Waals surface area contributed by atoms with Gasteiger partial charge in [0.1, 0.15) is 0 Å². The molecule has 1 rings (SSSR count). The van der Waals surface area contributed by atoms with Gasteiger partial charge in [0.15, 0.2) is 9.04 Å². The maximum absolute atomic E-state index is 9.23. The average Bonchev–Trinajstić information content (AvgIpc) is 2.28. The van der Waals surface area contributed by atoms with E-state index in [2.05, 4.69) is 33.9 Å². The van der Waals surface area contributed by atoms with Gasteiger partial charge in [-0.15, -0.1) is 0 Å². The summed E-state index contributed by atoms with van der Waals surface area (Å²) in [5.41, 5.74) is 0.333. The Labute approximate surface area is 115 Å². The first-order valence-corrected chi connectivity index (χ1v) is 10.3. The van der Waals surface area contributed by atoms with Crippen LogP contribution in [0.2, 0.25) is 13.1 Å². The van der Waals surface area contributed by atoms with Crippen LogP contribution in [0.25, 0.3) is 0 Å². The number of aliphatic hydroxyl groups is 1. The van der Waals surface area contributed by atoms with E-state index in [1.54, 1.807) is 0 Å². The van der Waals surface area contributed by atoms with Crippen molar-refractivity contribution in [2.24, 2.45) is 23.2 Å². The Morgan fingerprint density at radius 1 is 1.17 bits per heavy atom. The average molecular weight is 273 g/mol. The molecule has 0 amide bonds. The van der Waals surface area contributed by atoms with Gasteiger partial charge >= 0.3 is 0 Å². The second-order valence-corrected chi connectivity index (χ2v) is 9.75. The quantitative estimate of drug-likeness (QED) is 0.777. The Morgan fingerprint density at radius 3 is 2.11 bits per heavy atom. The van der Waals surface area contributed by atoms with Crippen molar-refractivity contribution < 1.29 is 9.53 Å². The Balaban J connectivity index is 2.55. The van der Waals surface area contributed by atoms with Gasteiger partial charge in [-0.05, 0) is 61.9 Å². The van der Waals surface area contributed by atoms with Crippen LogP contribution >= 0.6 is 0 Å². The molecule has 18 heavy (non-hydrogen) atoms. The van der Waals surface area contributed by atoms with Crippen molar-refractivity contribution in [3.63, 3.8) is 0 Å². The zero-order chi connectivity index (χ0) is 13.8. The molecule has 1 atom stereocenters. The summed E-state index contributed by atoms with van der Waals surface area (Å²) >= 11 is 0. The Kier molecular flexibility index (Phi) is 6.35. The van der Waals surface area contributed by atoms with Crippen LogP contribution in [0.15, 0.2) is 0 Å². The van der Waals surface area contributed by atoms with Gasteiger partial charge in [0.2, 0.25) is 0 Å². The minimum atomic E-state index is -0.911. The Morgan fingerprint density at radius 2 is 1.72 bits per heavy atom. The van der Waals surface area contributed by atoms with Crippen LogP contribution in [-0.2, 0) is 4.43 Å². The standard InChI is InChI=1S/C15H32O2Si/c1-15(2,3)14(11-17-18(4)5)13-8-6-12(10-16)7-9-13/h12-14,16,18H,6-11H2,1-5H3. The van der Waals surface area contributed by atoms with Crippen molar-refractivity contribution >= 4 is 9.04 Å². The number of hydrogen-bond acceptors (Lipinski definition) is 2. The van der Waals surface area contributed by atoms with E-state index >= 15 is 0 Å². The summed E-state index contributed by atoms with van der Waals surface area (Å²) in [6, 6.07) is 0. The van der Waals surface area contributed by atoms with Crippen molar-refractivity contribution in [3.05, 3.63) is 0 Å². The monoisotopic (exact) mass is 272 g/mol. The fourth-order valence-electron chi connectivity index (χ4n) is 3.16. The number of rotatable bonds is 5. The summed E-state index contributed by atoms with van der Waals surface area (Å²) in [4.78, 5) is 0. The maximum Gasteiger partial charge on any atom is 0.170 e. The van der Waals surface area contributed by atoms with E-state index < -0.39 is 9.04 Å². The molecule has 0 saturated heterocycles. The van der Waals surface area contributed by atoms with Crippen LogP contribution in [0.4, 0.5) is 0 Å². The topological polar surface area (TPSA) is 29.5 Å². The van der Waals surface area contributed by atoms with E-state index in [-0.39, 0.29) is 0 Å². The van der Waals surface area contributed by atoms with E-state index in [9.17, 15) is 5.11 Å². The third-order valence-corrected chi connectivity index (χ3v) is 5.30.